The molecule has 2 saturated heterocycles. The van der Waals surface area contributed by atoms with Crippen LogP contribution in [-0.2, 0) is 66.2 Å². The lowest BCUT2D eigenvalue weighted by atomic mass is 9.83. The Morgan fingerprint density at radius 2 is 1.07 bits per heavy atom. The van der Waals surface area contributed by atoms with E-state index in [0.717, 1.165) is 33.4 Å². The maximum atomic E-state index is 12.9. The zero-order valence-corrected chi connectivity index (χ0v) is 36.7. The van der Waals surface area contributed by atoms with Crippen LogP contribution in [0.1, 0.15) is 115 Å². The molecular weight excluding hydrogens is 755 g/mol. The molecule has 320 valence electrons. The van der Waals surface area contributed by atoms with E-state index >= 15 is 0 Å². The summed E-state index contributed by atoms with van der Waals surface area (Å²) in [6, 6.07) is 7.63. The van der Waals surface area contributed by atoms with Crippen LogP contribution in [0.5, 0.6) is 11.5 Å². The van der Waals surface area contributed by atoms with E-state index in [1.54, 1.807) is 0 Å². The minimum atomic E-state index is -2.83. The van der Waals surface area contributed by atoms with E-state index in [0.29, 0.717) is 12.8 Å². The molecule has 0 saturated carbocycles. The van der Waals surface area contributed by atoms with E-state index in [-0.39, 0.29) is 74.2 Å². The zero-order valence-electron chi connectivity index (χ0n) is 35.8. The van der Waals surface area contributed by atoms with Crippen molar-refractivity contribution in [2.45, 2.75) is 138 Å². The van der Waals surface area contributed by atoms with Crippen molar-refractivity contribution < 1.29 is 62.5 Å². The van der Waals surface area contributed by atoms with Gasteiger partial charge >= 0.3 is 20.5 Å². The van der Waals surface area contributed by atoms with Crippen LogP contribution in [0.3, 0.4) is 0 Å². The van der Waals surface area contributed by atoms with Crippen molar-refractivity contribution in [3.05, 3.63) is 57.6 Å². The monoisotopic (exact) mass is 820 g/mol. The van der Waals surface area contributed by atoms with Crippen molar-refractivity contribution in [3.8, 4) is 11.5 Å². The normalized spacial score (nSPS) is 22.2. The van der Waals surface area contributed by atoms with Crippen LogP contribution in [0.25, 0.3) is 0 Å². The van der Waals surface area contributed by atoms with E-state index in [1.165, 1.54) is 0 Å². The van der Waals surface area contributed by atoms with Crippen LogP contribution in [0.4, 0.5) is 0 Å². The highest BCUT2D eigenvalue weighted by molar-refractivity contribution is 7.39. The van der Waals surface area contributed by atoms with Crippen LogP contribution >= 0.6 is 8.60 Å². The SMILES string of the molecule is Cc1cc(CCC(=O)OCC(C)(C)C2OCC3(CO2)COC(C(C)(C)COC(=O)CCc2cc(C)c(O)c(C(C)(C)C)c2)OC3OP(O)O)cc(C(C)(C)C)c1O. The lowest BCUT2D eigenvalue weighted by molar-refractivity contribution is -0.390. The summed E-state index contributed by atoms with van der Waals surface area (Å²) in [6.45, 7) is 23.2. The molecule has 14 heteroatoms. The van der Waals surface area contributed by atoms with Crippen LogP contribution in [0.15, 0.2) is 24.3 Å². The van der Waals surface area contributed by atoms with E-state index < -0.39 is 49.7 Å². The summed E-state index contributed by atoms with van der Waals surface area (Å²) < 4.78 is 41.5. The number of hydrogen-bond donors (Lipinski definition) is 4. The van der Waals surface area contributed by atoms with Crippen LogP contribution in [-0.4, -0.2) is 83.8 Å². The predicted octanol–water partition coefficient (Wildman–Crippen LogP) is 7.30. The Hall–Kier alpha value is -2.87. The number of aryl methyl sites for hydroxylation is 4. The lowest BCUT2D eigenvalue weighted by Crippen LogP contribution is -2.61. The molecule has 2 aliphatic heterocycles. The molecule has 2 atom stereocenters. The van der Waals surface area contributed by atoms with Gasteiger partial charge in [-0.15, -0.1) is 0 Å². The van der Waals surface area contributed by atoms with Gasteiger partial charge in [0.05, 0.1) is 30.7 Å². The zero-order chi connectivity index (χ0) is 42.7. The van der Waals surface area contributed by atoms with Gasteiger partial charge in [0.2, 0.25) is 0 Å². The molecule has 2 aromatic carbocycles. The van der Waals surface area contributed by atoms with Crippen molar-refractivity contribution in [1.29, 1.82) is 0 Å². The van der Waals surface area contributed by atoms with Gasteiger partial charge in [0.15, 0.2) is 18.9 Å². The molecule has 57 heavy (non-hydrogen) atoms. The first-order chi connectivity index (χ1) is 26.2. The number of carbonyl (C=O) groups excluding carboxylic acids is 2. The molecule has 0 amide bonds. The number of esters is 2. The molecule has 0 bridgehead atoms. The first-order valence-corrected chi connectivity index (χ1v) is 20.7. The third-order valence-corrected chi connectivity index (χ3v) is 10.9. The first kappa shape index (κ1) is 46.8. The Morgan fingerprint density at radius 1 is 0.684 bits per heavy atom. The summed E-state index contributed by atoms with van der Waals surface area (Å²) in [4.78, 5) is 45.5. The third kappa shape index (κ3) is 12.1. The fraction of sp³-hybridized carbons (Fsp3) is 0.674. The first-order valence-electron chi connectivity index (χ1n) is 19.6. The summed E-state index contributed by atoms with van der Waals surface area (Å²) in [6.07, 6.45) is -1.71. The van der Waals surface area contributed by atoms with Crippen LogP contribution < -0.4 is 0 Å². The molecule has 13 nitrogen and oxygen atoms in total. The van der Waals surface area contributed by atoms with Gasteiger partial charge in [-0.2, -0.15) is 0 Å². The molecular formula is C43H65O13P. The second-order valence-electron chi connectivity index (χ2n) is 19.2. The van der Waals surface area contributed by atoms with Crippen LogP contribution in [0.2, 0.25) is 0 Å². The summed E-state index contributed by atoms with van der Waals surface area (Å²) in [5.74, 6) is -0.245. The molecule has 4 N–H and O–H groups in total. The average molecular weight is 821 g/mol. The van der Waals surface area contributed by atoms with Gasteiger partial charge in [-0.05, 0) is 70.9 Å². The smallest absolute Gasteiger partial charge is 0.329 e. The Morgan fingerprint density at radius 3 is 1.46 bits per heavy atom. The minimum Gasteiger partial charge on any atom is -0.507 e. The molecule has 0 aliphatic carbocycles. The number of phenols is 2. The Labute approximate surface area is 339 Å². The van der Waals surface area contributed by atoms with E-state index in [4.69, 9.17) is 32.9 Å². The quantitative estimate of drug-likeness (QED) is 0.110. The molecule has 4 rings (SSSR count). The lowest BCUT2D eigenvalue weighted by Gasteiger charge is -2.51. The number of hydrogen-bond acceptors (Lipinski definition) is 13. The maximum Gasteiger partial charge on any atom is 0.329 e. The number of phenolic OH excluding ortho intramolecular Hbond substituents is 2. The van der Waals surface area contributed by atoms with Crippen molar-refractivity contribution in [2.75, 3.05) is 33.0 Å². The predicted molar refractivity (Wildman–Crippen MR) is 214 cm³/mol. The Bertz CT molecular complexity index is 1710. The van der Waals surface area contributed by atoms with Gasteiger partial charge < -0.3 is 48.4 Å². The second-order valence-corrected chi connectivity index (χ2v) is 19.9. The van der Waals surface area contributed by atoms with Gasteiger partial charge in [-0.3, -0.25) is 14.1 Å². The van der Waals surface area contributed by atoms with Crippen molar-refractivity contribution in [3.63, 3.8) is 0 Å². The van der Waals surface area contributed by atoms with Gasteiger partial charge in [0, 0.05) is 18.3 Å². The number of ether oxygens (including phenoxy) is 6. The maximum absolute atomic E-state index is 12.9. The minimum absolute atomic E-state index is 0.0228. The van der Waals surface area contributed by atoms with Crippen molar-refractivity contribution in [2.24, 2.45) is 16.2 Å². The molecule has 2 fully saturated rings. The molecule has 2 aliphatic rings. The summed E-state index contributed by atoms with van der Waals surface area (Å²) >= 11 is 0. The highest BCUT2D eigenvalue weighted by Crippen LogP contribution is 2.46. The van der Waals surface area contributed by atoms with E-state index in [2.05, 4.69) is 0 Å². The van der Waals surface area contributed by atoms with E-state index in [9.17, 15) is 29.6 Å². The summed E-state index contributed by atoms with van der Waals surface area (Å²) in [5.41, 5.74) is 1.85. The topological polar surface area (TPSA) is 180 Å². The molecule has 0 aromatic heterocycles. The molecule has 0 radical (unpaired) electrons. The molecule has 2 heterocycles. The van der Waals surface area contributed by atoms with Gasteiger partial charge in [0.1, 0.15) is 24.7 Å². The third-order valence-electron chi connectivity index (χ3n) is 10.6. The number of rotatable bonds is 14. The number of carbonyl (C=O) groups is 2. The molecule has 1 spiro atoms. The molecule has 2 unspecified atom stereocenters. The highest BCUT2D eigenvalue weighted by Gasteiger charge is 2.55. The number of benzene rings is 2. The standard InChI is InChI=1S/C43H65O13P/c1-26-17-28(19-30(34(26)46)39(3,4)5)13-15-32(44)50-21-41(9,10)36-52-23-43(24-53-36)25-54-37(55-38(43)56-57(48)49)42(11,12)22-51-33(45)16-14-29-18-27(2)35(47)31(20-29)40(6,7)8/h17-20,36-38,46-49H,13-16,21-25H2,1-12H3. The molecule has 2 aromatic rings. The van der Waals surface area contributed by atoms with Crippen molar-refractivity contribution >= 4 is 20.5 Å². The summed E-state index contributed by atoms with van der Waals surface area (Å²) in [5, 5.41) is 21.1. The fourth-order valence-corrected chi connectivity index (χ4v) is 7.37. The van der Waals surface area contributed by atoms with Gasteiger partial charge in [0.25, 0.3) is 0 Å². The fourth-order valence-electron chi connectivity index (χ4n) is 6.93. The Balaban J connectivity index is 1.29. The van der Waals surface area contributed by atoms with Crippen molar-refractivity contribution in [1.82, 2.24) is 0 Å². The summed E-state index contributed by atoms with van der Waals surface area (Å²) in [7, 11) is -2.83. The highest BCUT2D eigenvalue weighted by atomic mass is 31.2. The van der Waals surface area contributed by atoms with Gasteiger partial charge in [-0.1, -0.05) is 93.5 Å². The van der Waals surface area contributed by atoms with E-state index in [1.807, 2.05) is 107 Å². The second kappa shape index (κ2) is 18.2. The van der Waals surface area contributed by atoms with Gasteiger partial charge in [-0.25, -0.2) is 0 Å². The average Bonchev–Trinajstić information content (AvgIpc) is 3.10. The van der Waals surface area contributed by atoms with Crippen LogP contribution in [0, 0.1) is 30.1 Å². The number of aromatic hydroxyl groups is 2. The Kier molecular flexibility index (Phi) is 14.9. The largest absolute Gasteiger partial charge is 0.507 e.